The summed E-state index contributed by atoms with van der Waals surface area (Å²) in [6.07, 6.45) is 7.13. The zero-order valence-electron chi connectivity index (χ0n) is 7.97. The van der Waals surface area contributed by atoms with E-state index in [1.807, 2.05) is 0 Å². The molecule has 1 aliphatic heterocycles. The lowest BCUT2D eigenvalue weighted by Gasteiger charge is -2.14. The van der Waals surface area contributed by atoms with Gasteiger partial charge in [0.25, 0.3) is 0 Å². The Morgan fingerprint density at radius 2 is 1.64 bits per heavy atom. The average Bonchev–Trinajstić information content (AvgIpc) is 2.04. The second-order valence-electron chi connectivity index (χ2n) is 4.05. The molecule has 0 radical (unpaired) electrons. The third-order valence-electron chi connectivity index (χ3n) is 2.72. The van der Waals surface area contributed by atoms with Crippen LogP contribution in [-0.2, 0) is 0 Å². The third kappa shape index (κ3) is 3.76. The summed E-state index contributed by atoms with van der Waals surface area (Å²) >= 11 is 0. The second-order valence-corrected chi connectivity index (χ2v) is 4.05. The minimum absolute atomic E-state index is 0.974. The Hall–Kier alpha value is -0.0400. The molecule has 0 aromatic carbocycles. The maximum absolute atomic E-state index is 2.47. The molecule has 0 spiro atoms. The summed E-state index contributed by atoms with van der Waals surface area (Å²) in [4.78, 5) is 2.47. The minimum atomic E-state index is 0.974. The number of rotatable bonds is 0. The Morgan fingerprint density at radius 1 is 1.00 bits per heavy atom. The van der Waals surface area contributed by atoms with Crippen LogP contribution in [0.5, 0.6) is 0 Å². The Labute approximate surface area is 70.8 Å². The molecule has 0 saturated carbocycles. The number of nitrogens with zero attached hydrogens (tertiary/aromatic N) is 1. The smallest absolute Gasteiger partial charge is 0.00217 e. The van der Waals surface area contributed by atoms with E-state index < -0.39 is 0 Å². The van der Waals surface area contributed by atoms with Gasteiger partial charge in [-0.15, -0.1) is 0 Å². The van der Waals surface area contributed by atoms with E-state index in [1.54, 1.807) is 0 Å². The molecule has 0 aliphatic carbocycles. The first-order valence-electron chi connectivity index (χ1n) is 4.97. The zero-order valence-corrected chi connectivity index (χ0v) is 7.97. The quantitative estimate of drug-likeness (QED) is 0.519. The van der Waals surface area contributed by atoms with E-state index in [0.29, 0.717) is 0 Å². The van der Waals surface area contributed by atoms with Crippen molar-refractivity contribution in [1.29, 1.82) is 0 Å². The van der Waals surface area contributed by atoms with E-state index in [1.165, 1.54) is 45.2 Å². The fraction of sp³-hybridized carbons (Fsp3) is 1.00. The van der Waals surface area contributed by atoms with Gasteiger partial charge in [-0.3, -0.25) is 0 Å². The molecular formula is C10H21N. The predicted molar refractivity (Wildman–Crippen MR) is 49.7 cm³/mol. The van der Waals surface area contributed by atoms with Gasteiger partial charge in [0.15, 0.2) is 0 Å². The van der Waals surface area contributed by atoms with Crippen LogP contribution < -0.4 is 0 Å². The monoisotopic (exact) mass is 155 g/mol. The van der Waals surface area contributed by atoms with E-state index in [9.17, 15) is 0 Å². The van der Waals surface area contributed by atoms with E-state index in [0.717, 1.165) is 5.92 Å². The fourth-order valence-electron chi connectivity index (χ4n) is 1.84. The molecule has 66 valence electrons. The van der Waals surface area contributed by atoms with Gasteiger partial charge in [-0.1, -0.05) is 19.8 Å². The lowest BCUT2D eigenvalue weighted by Crippen LogP contribution is -2.20. The van der Waals surface area contributed by atoms with Crippen molar-refractivity contribution in [2.24, 2.45) is 5.92 Å². The standard InChI is InChI=1S/C10H21N/c1-10-6-3-4-8-11(2)9-5-7-10/h10H,3-9H2,1-2H3. The van der Waals surface area contributed by atoms with E-state index in [4.69, 9.17) is 0 Å². The summed E-state index contributed by atoms with van der Waals surface area (Å²) in [7, 11) is 2.25. The molecule has 1 heterocycles. The molecule has 0 N–H and O–H groups in total. The maximum Gasteiger partial charge on any atom is -0.00217 e. The largest absolute Gasteiger partial charge is 0.306 e. The number of hydrogen-bond acceptors (Lipinski definition) is 1. The normalized spacial score (nSPS) is 30.5. The molecular weight excluding hydrogens is 134 g/mol. The van der Waals surface area contributed by atoms with Crippen LogP contribution in [0.1, 0.15) is 39.0 Å². The highest BCUT2D eigenvalue weighted by atomic mass is 15.1. The van der Waals surface area contributed by atoms with Gasteiger partial charge in [0.1, 0.15) is 0 Å². The first-order valence-corrected chi connectivity index (χ1v) is 4.97. The summed E-state index contributed by atoms with van der Waals surface area (Å²) in [6, 6.07) is 0. The van der Waals surface area contributed by atoms with Crippen molar-refractivity contribution in [3.63, 3.8) is 0 Å². The van der Waals surface area contributed by atoms with E-state index in [2.05, 4.69) is 18.9 Å². The second kappa shape index (κ2) is 4.76. The molecule has 1 atom stereocenters. The van der Waals surface area contributed by atoms with Crippen LogP contribution in [0.15, 0.2) is 0 Å². The molecule has 0 amide bonds. The fourth-order valence-corrected chi connectivity index (χ4v) is 1.84. The lowest BCUT2D eigenvalue weighted by atomic mass is 10.00. The summed E-state index contributed by atoms with van der Waals surface area (Å²) in [5, 5.41) is 0. The van der Waals surface area contributed by atoms with Gasteiger partial charge in [0, 0.05) is 0 Å². The van der Waals surface area contributed by atoms with Gasteiger partial charge in [0.2, 0.25) is 0 Å². The van der Waals surface area contributed by atoms with Crippen LogP contribution in [0.2, 0.25) is 0 Å². The van der Waals surface area contributed by atoms with Crippen molar-refractivity contribution in [3.05, 3.63) is 0 Å². The first kappa shape index (κ1) is 9.05. The lowest BCUT2D eigenvalue weighted by molar-refractivity contribution is 0.325. The Bertz CT molecular complexity index is 89.0. The maximum atomic E-state index is 2.47. The van der Waals surface area contributed by atoms with Crippen molar-refractivity contribution in [3.8, 4) is 0 Å². The molecule has 0 aromatic heterocycles. The van der Waals surface area contributed by atoms with Crippen LogP contribution in [0.4, 0.5) is 0 Å². The van der Waals surface area contributed by atoms with Gasteiger partial charge in [0.05, 0.1) is 0 Å². The molecule has 1 fully saturated rings. The summed E-state index contributed by atoms with van der Waals surface area (Å²) in [6.45, 7) is 5.02. The third-order valence-corrected chi connectivity index (χ3v) is 2.72. The van der Waals surface area contributed by atoms with Gasteiger partial charge in [-0.05, 0) is 45.3 Å². The van der Waals surface area contributed by atoms with Crippen molar-refractivity contribution < 1.29 is 0 Å². The molecule has 0 bridgehead atoms. The minimum Gasteiger partial charge on any atom is -0.306 e. The van der Waals surface area contributed by atoms with Crippen molar-refractivity contribution in [1.82, 2.24) is 4.90 Å². The molecule has 1 nitrogen and oxygen atoms in total. The topological polar surface area (TPSA) is 3.24 Å². The summed E-state index contributed by atoms with van der Waals surface area (Å²) < 4.78 is 0. The highest BCUT2D eigenvalue weighted by molar-refractivity contribution is 4.61. The highest BCUT2D eigenvalue weighted by Gasteiger charge is 2.06. The van der Waals surface area contributed by atoms with E-state index in [-0.39, 0.29) is 0 Å². The SMILES string of the molecule is CC1CCCCN(C)CCC1. The van der Waals surface area contributed by atoms with Crippen molar-refractivity contribution >= 4 is 0 Å². The van der Waals surface area contributed by atoms with Gasteiger partial charge in [-0.25, -0.2) is 0 Å². The van der Waals surface area contributed by atoms with Crippen LogP contribution in [0.25, 0.3) is 0 Å². The van der Waals surface area contributed by atoms with E-state index >= 15 is 0 Å². The Balaban J connectivity index is 2.24. The number of hydrogen-bond donors (Lipinski definition) is 0. The zero-order chi connectivity index (χ0) is 8.10. The Kier molecular flexibility index (Phi) is 3.92. The molecule has 1 unspecified atom stereocenters. The van der Waals surface area contributed by atoms with Crippen molar-refractivity contribution in [2.45, 2.75) is 39.0 Å². The average molecular weight is 155 g/mol. The first-order chi connectivity index (χ1) is 5.29. The highest BCUT2D eigenvalue weighted by Crippen LogP contribution is 2.16. The van der Waals surface area contributed by atoms with Gasteiger partial charge < -0.3 is 4.90 Å². The van der Waals surface area contributed by atoms with Gasteiger partial charge >= 0.3 is 0 Å². The molecule has 1 rings (SSSR count). The predicted octanol–water partition coefficient (Wildman–Crippen LogP) is 2.52. The molecule has 11 heavy (non-hydrogen) atoms. The molecule has 1 aliphatic rings. The molecule has 1 saturated heterocycles. The Morgan fingerprint density at radius 3 is 2.45 bits per heavy atom. The van der Waals surface area contributed by atoms with Crippen LogP contribution >= 0.6 is 0 Å². The van der Waals surface area contributed by atoms with Crippen LogP contribution in [0.3, 0.4) is 0 Å². The molecule has 1 heteroatoms. The van der Waals surface area contributed by atoms with Crippen LogP contribution in [0, 0.1) is 5.92 Å². The van der Waals surface area contributed by atoms with Gasteiger partial charge in [-0.2, -0.15) is 0 Å². The molecule has 0 aromatic rings. The van der Waals surface area contributed by atoms with Crippen molar-refractivity contribution in [2.75, 3.05) is 20.1 Å². The van der Waals surface area contributed by atoms with Crippen LogP contribution in [-0.4, -0.2) is 25.0 Å². The summed E-state index contributed by atoms with van der Waals surface area (Å²) in [5.41, 5.74) is 0. The summed E-state index contributed by atoms with van der Waals surface area (Å²) in [5.74, 6) is 0.974.